The molecule has 0 unspecified atom stereocenters. The summed E-state index contributed by atoms with van der Waals surface area (Å²) in [5.41, 5.74) is 5.53. The van der Waals surface area contributed by atoms with E-state index in [0.717, 1.165) is 33.4 Å². The molecule has 0 amide bonds. The van der Waals surface area contributed by atoms with Gasteiger partial charge in [-0.1, -0.05) is 53.2 Å². The number of hydrogen-bond acceptors (Lipinski definition) is 3. The molecule has 0 saturated carbocycles. The number of aromatic amines is 1. The van der Waals surface area contributed by atoms with Gasteiger partial charge in [0.2, 0.25) is 0 Å². The predicted octanol–water partition coefficient (Wildman–Crippen LogP) is 3.93. The number of carbonyl (C=O) groups is 1. The molecule has 0 spiro atoms. The van der Waals surface area contributed by atoms with Crippen LogP contribution in [0.15, 0.2) is 54.7 Å². The molecule has 0 aliphatic carbocycles. The Morgan fingerprint density at radius 1 is 1.08 bits per heavy atom. The molecular weight excluding hydrogens is 312 g/mol. The van der Waals surface area contributed by atoms with E-state index in [1.807, 2.05) is 68.6 Å². The summed E-state index contributed by atoms with van der Waals surface area (Å²) < 4.78 is 1.60. The average molecular weight is 330 g/mol. The highest BCUT2D eigenvalue weighted by Crippen LogP contribution is 2.23. The van der Waals surface area contributed by atoms with Crippen LogP contribution in [0.3, 0.4) is 0 Å². The number of aromatic nitrogens is 4. The Hall–Kier alpha value is -3.21. The lowest BCUT2D eigenvalue weighted by molar-refractivity contribution is 0.0968. The van der Waals surface area contributed by atoms with Gasteiger partial charge >= 0.3 is 0 Å². The standard InChI is InChI=1S/C20H18N4O/c1-13-7-9-15(10-8-13)18-11-24(23-22-18)12-19(25)20-14(2)21-17-6-4-3-5-16(17)20/h3-11,21H,12H2,1-2H3. The molecule has 2 aromatic carbocycles. The summed E-state index contributed by atoms with van der Waals surface area (Å²) in [4.78, 5) is 16.1. The molecule has 4 rings (SSSR count). The molecule has 124 valence electrons. The summed E-state index contributed by atoms with van der Waals surface area (Å²) in [5, 5.41) is 9.25. The zero-order chi connectivity index (χ0) is 17.4. The van der Waals surface area contributed by atoms with Gasteiger partial charge in [-0.25, -0.2) is 4.68 Å². The second-order valence-corrected chi connectivity index (χ2v) is 6.26. The van der Waals surface area contributed by atoms with Crippen LogP contribution in [0.2, 0.25) is 0 Å². The summed E-state index contributed by atoms with van der Waals surface area (Å²) in [6, 6.07) is 15.9. The fourth-order valence-corrected chi connectivity index (χ4v) is 3.09. The lowest BCUT2D eigenvalue weighted by atomic mass is 10.1. The number of hydrogen-bond donors (Lipinski definition) is 1. The molecule has 2 heterocycles. The largest absolute Gasteiger partial charge is 0.358 e. The number of carbonyl (C=O) groups excluding carboxylic acids is 1. The number of H-pyrrole nitrogens is 1. The van der Waals surface area contributed by atoms with Gasteiger partial charge in [-0.3, -0.25) is 4.79 Å². The van der Waals surface area contributed by atoms with E-state index in [0.29, 0.717) is 0 Å². The number of para-hydroxylation sites is 1. The maximum Gasteiger partial charge on any atom is 0.186 e. The summed E-state index contributed by atoms with van der Waals surface area (Å²) in [6.45, 7) is 4.14. The molecular formula is C20H18N4O. The monoisotopic (exact) mass is 330 g/mol. The van der Waals surface area contributed by atoms with Gasteiger partial charge in [-0.05, 0) is 19.9 Å². The molecule has 4 aromatic rings. The molecule has 1 N–H and O–H groups in total. The molecule has 0 aliphatic rings. The second kappa shape index (κ2) is 6.02. The number of nitrogens with one attached hydrogen (secondary N) is 1. The van der Waals surface area contributed by atoms with Crippen LogP contribution in [-0.4, -0.2) is 25.8 Å². The Labute approximate surface area is 145 Å². The first-order valence-electron chi connectivity index (χ1n) is 8.19. The van der Waals surface area contributed by atoms with Crippen LogP contribution < -0.4 is 0 Å². The number of ketones is 1. The van der Waals surface area contributed by atoms with Crippen molar-refractivity contribution in [2.45, 2.75) is 20.4 Å². The van der Waals surface area contributed by atoms with E-state index in [1.54, 1.807) is 4.68 Å². The van der Waals surface area contributed by atoms with E-state index < -0.39 is 0 Å². The van der Waals surface area contributed by atoms with E-state index in [2.05, 4.69) is 15.3 Å². The average Bonchev–Trinajstić information content (AvgIpc) is 3.18. The third-order valence-corrected chi connectivity index (χ3v) is 4.36. The van der Waals surface area contributed by atoms with Crippen LogP contribution in [-0.2, 0) is 6.54 Å². The molecule has 0 radical (unpaired) electrons. The van der Waals surface area contributed by atoms with E-state index in [1.165, 1.54) is 5.56 Å². The van der Waals surface area contributed by atoms with E-state index in [-0.39, 0.29) is 12.3 Å². The Kier molecular flexibility index (Phi) is 3.69. The van der Waals surface area contributed by atoms with Crippen molar-refractivity contribution in [3.8, 4) is 11.3 Å². The van der Waals surface area contributed by atoms with Crippen molar-refractivity contribution in [3.63, 3.8) is 0 Å². The molecule has 0 saturated heterocycles. The van der Waals surface area contributed by atoms with Crippen LogP contribution >= 0.6 is 0 Å². The first-order valence-corrected chi connectivity index (χ1v) is 8.19. The van der Waals surface area contributed by atoms with Crippen molar-refractivity contribution >= 4 is 16.7 Å². The number of rotatable bonds is 4. The zero-order valence-corrected chi connectivity index (χ0v) is 14.2. The van der Waals surface area contributed by atoms with Gasteiger partial charge in [-0.15, -0.1) is 5.10 Å². The minimum Gasteiger partial charge on any atom is -0.358 e. The predicted molar refractivity (Wildman–Crippen MR) is 97.6 cm³/mol. The van der Waals surface area contributed by atoms with Crippen LogP contribution in [0.4, 0.5) is 0 Å². The van der Waals surface area contributed by atoms with Crippen LogP contribution in [0.1, 0.15) is 21.6 Å². The number of benzene rings is 2. The SMILES string of the molecule is Cc1ccc(-c2cn(CC(=O)c3c(C)[nH]c4ccccc34)nn2)cc1. The third kappa shape index (κ3) is 2.85. The summed E-state index contributed by atoms with van der Waals surface area (Å²) >= 11 is 0. The molecule has 5 heteroatoms. The first-order chi connectivity index (χ1) is 12.1. The van der Waals surface area contributed by atoms with E-state index in [9.17, 15) is 4.79 Å². The van der Waals surface area contributed by atoms with Gasteiger partial charge < -0.3 is 4.98 Å². The quantitative estimate of drug-likeness (QED) is 0.577. The smallest absolute Gasteiger partial charge is 0.186 e. The van der Waals surface area contributed by atoms with Gasteiger partial charge in [0.25, 0.3) is 0 Å². The fourth-order valence-electron chi connectivity index (χ4n) is 3.09. The van der Waals surface area contributed by atoms with Gasteiger partial charge in [0.15, 0.2) is 5.78 Å². The Bertz CT molecular complexity index is 1060. The number of Topliss-reactive ketones (excluding diaryl/α,β-unsaturated/α-hetero) is 1. The topological polar surface area (TPSA) is 63.6 Å². The van der Waals surface area contributed by atoms with Gasteiger partial charge in [0.1, 0.15) is 12.2 Å². The Morgan fingerprint density at radius 3 is 2.64 bits per heavy atom. The molecule has 5 nitrogen and oxygen atoms in total. The van der Waals surface area contributed by atoms with Crippen LogP contribution in [0, 0.1) is 13.8 Å². The Morgan fingerprint density at radius 2 is 1.84 bits per heavy atom. The highest BCUT2D eigenvalue weighted by Gasteiger charge is 2.17. The number of aryl methyl sites for hydroxylation is 2. The lowest BCUT2D eigenvalue weighted by Gasteiger charge is -2.01. The lowest BCUT2D eigenvalue weighted by Crippen LogP contribution is -2.11. The highest BCUT2D eigenvalue weighted by atomic mass is 16.1. The van der Waals surface area contributed by atoms with Crippen molar-refractivity contribution < 1.29 is 4.79 Å². The molecule has 0 bridgehead atoms. The van der Waals surface area contributed by atoms with Gasteiger partial charge in [-0.2, -0.15) is 0 Å². The molecule has 2 aromatic heterocycles. The normalized spacial score (nSPS) is 11.1. The van der Waals surface area contributed by atoms with Crippen molar-refractivity contribution in [2.24, 2.45) is 0 Å². The van der Waals surface area contributed by atoms with E-state index in [4.69, 9.17) is 0 Å². The molecule has 25 heavy (non-hydrogen) atoms. The summed E-state index contributed by atoms with van der Waals surface area (Å²) in [6.07, 6.45) is 1.81. The van der Waals surface area contributed by atoms with Crippen LogP contribution in [0.5, 0.6) is 0 Å². The Balaban J connectivity index is 1.61. The second-order valence-electron chi connectivity index (χ2n) is 6.26. The minimum atomic E-state index is 0.0234. The maximum absolute atomic E-state index is 12.8. The van der Waals surface area contributed by atoms with E-state index >= 15 is 0 Å². The molecule has 0 fully saturated rings. The van der Waals surface area contributed by atoms with Crippen molar-refractivity contribution in [1.29, 1.82) is 0 Å². The van der Waals surface area contributed by atoms with Crippen molar-refractivity contribution in [1.82, 2.24) is 20.0 Å². The maximum atomic E-state index is 12.8. The fraction of sp³-hybridized carbons (Fsp3) is 0.150. The highest BCUT2D eigenvalue weighted by molar-refractivity contribution is 6.09. The molecule has 0 aliphatic heterocycles. The van der Waals surface area contributed by atoms with Crippen molar-refractivity contribution in [2.75, 3.05) is 0 Å². The number of nitrogens with zero attached hydrogens (tertiary/aromatic N) is 3. The van der Waals surface area contributed by atoms with Crippen LogP contribution in [0.25, 0.3) is 22.2 Å². The summed E-state index contributed by atoms with van der Waals surface area (Å²) in [7, 11) is 0. The summed E-state index contributed by atoms with van der Waals surface area (Å²) in [5.74, 6) is 0.0234. The molecule has 0 atom stereocenters. The zero-order valence-electron chi connectivity index (χ0n) is 14.2. The van der Waals surface area contributed by atoms with Crippen molar-refractivity contribution in [3.05, 3.63) is 71.5 Å². The first kappa shape index (κ1) is 15.3. The van der Waals surface area contributed by atoms with Gasteiger partial charge in [0.05, 0.1) is 6.20 Å². The van der Waals surface area contributed by atoms with Gasteiger partial charge in [0, 0.05) is 27.7 Å². The number of fused-ring (bicyclic) bond motifs is 1. The third-order valence-electron chi connectivity index (χ3n) is 4.36. The minimum absolute atomic E-state index is 0.0234.